The van der Waals surface area contributed by atoms with Crippen molar-refractivity contribution in [1.82, 2.24) is 4.57 Å². The Balaban J connectivity index is 1.34. The molecule has 1 aliphatic heterocycles. The van der Waals surface area contributed by atoms with Gasteiger partial charge in [0.2, 0.25) is 0 Å². The first-order valence-electron chi connectivity index (χ1n) is 13.5. The Morgan fingerprint density at radius 1 is 0.450 bits per heavy atom. The van der Waals surface area contributed by atoms with Gasteiger partial charge in [-0.15, -0.1) is 0 Å². The molecule has 0 bridgehead atoms. The number of para-hydroxylation sites is 5. The summed E-state index contributed by atoms with van der Waals surface area (Å²) < 4.78 is 15.1. The van der Waals surface area contributed by atoms with E-state index in [1.54, 1.807) is 0 Å². The van der Waals surface area contributed by atoms with Crippen molar-refractivity contribution in [2.75, 3.05) is 4.90 Å². The molecule has 0 atom stereocenters. The molecular formula is C36H20N2O2. The molecule has 6 aromatic carbocycles. The Hall–Kier alpha value is -5.48. The summed E-state index contributed by atoms with van der Waals surface area (Å²) in [5.41, 5.74) is 10.5. The molecular weight excluding hydrogens is 492 g/mol. The SMILES string of the molecule is c1ccc2c(c1)N(c1ccc3oc4ccccc4c3c1)c1cccc3c4c5oc6ccccc6c5ccc4n-2c13. The molecule has 4 nitrogen and oxygen atoms in total. The quantitative estimate of drug-likeness (QED) is 0.219. The Bertz CT molecular complexity index is 2510. The molecule has 0 fully saturated rings. The molecule has 186 valence electrons. The van der Waals surface area contributed by atoms with Crippen molar-refractivity contribution in [3.8, 4) is 5.69 Å². The molecule has 4 heteroatoms. The molecule has 0 N–H and O–H groups in total. The van der Waals surface area contributed by atoms with E-state index in [1.165, 1.54) is 10.9 Å². The molecule has 4 heterocycles. The minimum Gasteiger partial charge on any atom is -0.456 e. The number of anilines is 3. The first kappa shape index (κ1) is 20.5. The second kappa shape index (κ2) is 7.13. The maximum absolute atomic E-state index is 6.53. The number of aromatic nitrogens is 1. The molecule has 0 aliphatic carbocycles. The van der Waals surface area contributed by atoms with Gasteiger partial charge in [-0.2, -0.15) is 0 Å². The maximum atomic E-state index is 6.53. The number of fused-ring (bicyclic) bond motifs is 12. The lowest BCUT2D eigenvalue weighted by Crippen LogP contribution is -2.17. The van der Waals surface area contributed by atoms with Crippen molar-refractivity contribution in [2.24, 2.45) is 0 Å². The Kier molecular flexibility index (Phi) is 3.65. The Labute approximate surface area is 227 Å². The second-order valence-electron chi connectivity index (χ2n) is 10.5. The number of hydrogen-bond donors (Lipinski definition) is 0. The van der Waals surface area contributed by atoms with Crippen LogP contribution in [0.15, 0.2) is 130 Å². The van der Waals surface area contributed by atoms with Crippen LogP contribution in [0.3, 0.4) is 0 Å². The van der Waals surface area contributed by atoms with Gasteiger partial charge in [-0.25, -0.2) is 0 Å². The fourth-order valence-corrected chi connectivity index (χ4v) is 6.85. The van der Waals surface area contributed by atoms with Crippen LogP contribution in [0.4, 0.5) is 17.1 Å². The molecule has 0 radical (unpaired) electrons. The van der Waals surface area contributed by atoms with Crippen LogP contribution in [0.25, 0.3) is 71.4 Å². The first-order valence-corrected chi connectivity index (χ1v) is 13.5. The smallest absolute Gasteiger partial charge is 0.145 e. The van der Waals surface area contributed by atoms with Gasteiger partial charge in [-0.3, -0.25) is 0 Å². The number of nitrogens with zero attached hydrogens (tertiary/aromatic N) is 2. The van der Waals surface area contributed by atoms with Crippen molar-refractivity contribution < 1.29 is 8.83 Å². The van der Waals surface area contributed by atoms with E-state index in [0.717, 1.165) is 77.5 Å². The number of furan rings is 2. The van der Waals surface area contributed by atoms with Crippen LogP contribution >= 0.6 is 0 Å². The van der Waals surface area contributed by atoms with E-state index in [-0.39, 0.29) is 0 Å². The highest BCUT2D eigenvalue weighted by atomic mass is 16.3. The van der Waals surface area contributed by atoms with E-state index in [0.29, 0.717) is 0 Å². The summed E-state index contributed by atoms with van der Waals surface area (Å²) in [7, 11) is 0. The van der Waals surface area contributed by atoms with E-state index in [1.807, 2.05) is 18.2 Å². The lowest BCUT2D eigenvalue weighted by atomic mass is 10.1. The standard InChI is InChI=1S/C36H20N2O2/c1-6-15-32-22(8-1)24-17-18-29-34(36(24)40-32)25-10-7-13-30-35(25)38(29)28-12-4-3-11-27(28)37(30)21-16-19-33-26(20-21)23-9-2-5-14-31(23)39-33/h1-20H. The van der Waals surface area contributed by atoms with Crippen LogP contribution in [0, 0.1) is 0 Å². The zero-order chi connectivity index (χ0) is 25.9. The summed E-state index contributed by atoms with van der Waals surface area (Å²) in [6, 6.07) is 42.8. The van der Waals surface area contributed by atoms with Crippen molar-refractivity contribution in [1.29, 1.82) is 0 Å². The highest BCUT2D eigenvalue weighted by Crippen LogP contribution is 2.51. The molecule has 0 spiro atoms. The summed E-state index contributed by atoms with van der Waals surface area (Å²) in [5.74, 6) is 0. The largest absolute Gasteiger partial charge is 0.456 e. The van der Waals surface area contributed by atoms with Gasteiger partial charge in [-0.1, -0.05) is 60.7 Å². The van der Waals surface area contributed by atoms with Crippen LogP contribution in [-0.2, 0) is 0 Å². The van der Waals surface area contributed by atoms with Crippen LogP contribution in [0.2, 0.25) is 0 Å². The fraction of sp³-hybridized carbons (Fsp3) is 0. The van der Waals surface area contributed by atoms with E-state index >= 15 is 0 Å². The topological polar surface area (TPSA) is 34.5 Å². The van der Waals surface area contributed by atoms with Crippen LogP contribution in [0.5, 0.6) is 0 Å². The normalized spacial score (nSPS) is 12.9. The predicted molar refractivity (Wildman–Crippen MR) is 164 cm³/mol. The zero-order valence-electron chi connectivity index (χ0n) is 21.3. The first-order chi connectivity index (χ1) is 19.8. The van der Waals surface area contributed by atoms with E-state index < -0.39 is 0 Å². The highest BCUT2D eigenvalue weighted by molar-refractivity contribution is 6.26. The van der Waals surface area contributed by atoms with Gasteiger partial charge in [0, 0.05) is 32.6 Å². The molecule has 0 unspecified atom stereocenters. The van der Waals surface area contributed by atoms with Gasteiger partial charge in [0.05, 0.1) is 33.5 Å². The maximum Gasteiger partial charge on any atom is 0.145 e. The molecule has 0 amide bonds. The van der Waals surface area contributed by atoms with E-state index in [9.17, 15) is 0 Å². The van der Waals surface area contributed by atoms with Crippen molar-refractivity contribution >= 4 is 82.7 Å². The third kappa shape index (κ3) is 2.42. The van der Waals surface area contributed by atoms with Gasteiger partial charge in [0.25, 0.3) is 0 Å². The average molecular weight is 513 g/mol. The molecule has 40 heavy (non-hydrogen) atoms. The summed E-state index contributed by atoms with van der Waals surface area (Å²) in [6.45, 7) is 0. The van der Waals surface area contributed by atoms with Gasteiger partial charge in [0.15, 0.2) is 0 Å². The third-order valence-corrected chi connectivity index (χ3v) is 8.50. The summed E-state index contributed by atoms with van der Waals surface area (Å²) in [6.07, 6.45) is 0. The summed E-state index contributed by atoms with van der Waals surface area (Å²) in [5, 5.41) is 6.88. The number of benzene rings is 6. The predicted octanol–water partition coefficient (Wildman–Crippen LogP) is 10.4. The van der Waals surface area contributed by atoms with E-state index in [4.69, 9.17) is 8.83 Å². The Morgan fingerprint density at radius 3 is 2.00 bits per heavy atom. The number of hydrogen-bond acceptors (Lipinski definition) is 3. The zero-order valence-corrected chi connectivity index (χ0v) is 21.3. The minimum absolute atomic E-state index is 0.898. The van der Waals surface area contributed by atoms with Crippen LogP contribution < -0.4 is 4.90 Å². The lowest BCUT2D eigenvalue weighted by molar-refractivity contribution is 0.669. The van der Waals surface area contributed by atoms with Gasteiger partial charge < -0.3 is 18.3 Å². The van der Waals surface area contributed by atoms with E-state index in [2.05, 4.69) is 113 Å². The van der Waals surface area contributed by atoms with Crippen molar-refractivity contribution in [3.63, 3.8) is 0 Å². The Morgan fingerprint density at radius 2 is 1.12 bits per heavy atom. The molecule has 1 aliphatic rings. The van der Waals surface area contributed by atoms with Gasteiger partial charge in [0.1, 0.15) is 22.3 Å². The number of rotatable bonds is 1. The van der Waals surface area contributed by atoms with Gasteiger partial charge in [-0.05, 0) is 60.7 Å². The molecule has 9 aromatic rings. The highest BCUT2D eigenvalue weighted by Gasteiger charge is 2.30. The van der Waals surface area contributed by atoms with Gasteiger partial charge >= 0.3 is 0 Å². The van der Waals surface area contributed by atoms with Crippen molar-refractivity contribution in [2.45, 2.75) is 0 Å². The third-order valence-electron chi connectivity index (χ3n) is 8.50. The molecule has 10 rings (SSSR count). The second-order valence-corrected chi connectivity index (χ2v) is 10.5. The van der Waals surface area contributed by atoms with Crippen LogP contribution in [-0.4, -0.2) is 4.57 Å². The summed E-state index contributed by atoms with van der Waals surface area (Å²) >= 11 is 0. The summed E-state index contributed by atoms with van der Waals surface area (Å²) in [4.78, 5) is 2.38. The lowest BCUT2D eigenvalue weighted by Gasteiger charge is -2.33. The molecule has 0 saturated carbocycles. The van der Waals surface area contributed by atoms with Crippen LogP contribution in [0.1, 0.15) is 0 Å². The molecule has 0 saturated heterocycles. The molecule has 3 aromatic heterocycles. The fourth-order valence-electron chi connectivity index (χ4n) is 6.85. The monoisotopic (exact) mass is 512 g/mol. The average Bonchev–Trinajstić information content (AvgIpc) is 3.67. The minimum atomic E-state index is 0.898. The van der Waals surface area contributed by atoms with Crippen molar-refractivity contribution in [3.05, 3.63) is 121 Å².